The summed E-state index contributed by atoms with van der Waals surface area (Å²) in [6, 6.07) is 12.2. The molecule has 2 nitrogen and oxygen atoms in total. The van der Waals surface area contributed by atoms with Gasteiger partial charge in [-0.2, -0.15) is 0 Å². The Morgan fingerprint density at radius 3 is 2.52 bits per heavy atom. The number of aryl methyl sites for hydroxylation is 1. The second-order valence-corrected chi connectivity index (χ2v) is 7.48. The third-order valence-electron chi connectivity index (χ3n) is 4.74. The Kier molecular flexibility index (Phi) is 5.83. The first-order valence-electron chi connectivity index (χ1n) is 8.52. The summed E-state index contributed by atoms with van der Waals surface area (Å²) in [4.78, 5) is 2.73. The van der Waals surface area contributed by atoms with Crippen molar-refractivity contribution in [1.29, 1.82) is 0 Å². The van der Waals surface area contributed by atoms with Crippen LogP contribution in [0.25, 0.3) is 0 Å². The van der Waals surface area contributed by atoms with Crippen molar-refractivity contribution in [2.75, 3.05) is 19.6 Å². The van der Waals surface area contributed by atoms with E-state index in [-0.39, 0.29) is 0 Å². The van der Waals surface area contributed by atoms with Gasteiger partial charge in [0.2, 0.25) is 0 Å². The van der Waals surface area contributed by atoms with Crippen LogP contribution in [0.3, 0.4) is 0 Å². The van der Waals surface area contributed by atoms with Gasteiger partial charge in [-0.15, -0.1) is 0 Å². The first-order chi connectivity index (χ1) is 10.0. The van der Waals surface area contributed by atoms with E-state index in [1.807, 2.05) is 0 Å². The van der Waals surface area contributed by atoms with Gasteiger partial charge in [-0.3, -0.25) is 4.90 Å². The number of benzene rings is 1. The third kappa shape index (κ3) is 4.82. The lowest BCUT2D eigenvalue weighted by molar-refractivity contribution is 0.0541. The zero-order valence-corrected chi connectivity index (χ0v) is 14.2. The van der Waals surface area contributed by atoms with E-state index in [0.29, 0.717) is 17.5 Å². The van der Waals surface area contributed by atoms with Crippen LogP contribution < -0.4 is 5.32 Å². The fourth-order valence-corrected chi connectivity index (χ4v) is 3.39. The number of piperazine rings is 1. The summed E-state index contributed by atoms with van der Waals surface area (Å²) in [6.45, 7) is 13.0. The molecule has 1 heterocycles. The molecule has 1 saturated heterocycles. The molecular weight excluding hydrogens is 256 g/mol. The van der Waals surface area contributed by atoms with Gasteiger partial charge in [-0.1, -0.05) is 58.0 Å². The van der Waals surface area contributed by atoms with Crippen LogP contribution in [0.2, 0.25) is 0 Å². The second-order valence-electron chi connectivity index (χ2n) is 7.48. The molecule has 1 N–H and O–H groups in total. The van der Waals surface area contributed by atoms with Gasteiger partial charge >= 0.3 is 0 Å². The minimum atomic E-state index is 0.346. The molecule has 21 heavy (non-hydrogen) atoms. The Balaban J connectivity index is 1.90. The van der Waals surface area contributed by atoms with Gasteiger partial charge in [0, 0.05) is 25.2 Å². The van der Waals surface area contributed by atoms with E-state index in [9.17, 15) is 0 Å². The van der Waals surface area contributed by atoms with Gasteiger partial charge in [0.1, 0.15) is 0 Å². The maximum Gasteiger partial charge on any atom is 0.0269 e. The van der Waals surface area contributed by atoms with Crippen molar-refractivity contribution in [1.82, 2.24) is 10.2 Å². The summed E-state index contributed by atoms with van der Waals surface area (Å²) in [6.07, 6.45) is 3.68. The molecule has 1 aromatic rings. The second kappa shape index (κ2) is 7.42. The van der Waals surface area contributed by atoms with E-state index < -0.39 is 0 Å². The van der Waals surface area contributed by atoms with Gasteiger partial charge in [0.25, 0.3) is 0 Å². The quantitative estimate of drug-likeness (QED) is 0.888. The van der Waals surface area contributed by atoms with Crippen molar-refractivity contribution in [3.05, 3.63) is 35.9 Å². The zero-order valence-electron chi connectivity index (χ0n) is 14.2. The zero-order chi connectivity index (χ0) is 15.3. The number of rotatable bonds is 5. The average Bonchev–Trinajstić information content (AvgIpc) is 2.47. The molecule has 1 aromatic carbocycles. The predicted octanol–water partition coefficient (Wildman–Crippen LogP) is 3.72. The molecule has 2 rings (SSSR count). The highest BCUT2D eigenvalue weighted by molar-refractivity contribution is 5.14. The Morgan fingerprint density at radius 1 is 1.19 bits per heavy atom. The molecule has 1 aliphatic heterocycles. The van der Waals surface area contributed by atoms with E-state index in [1.165, 1.54) is 37.9 Å². The van der Waals surface area contributed by atoms with Gasteiger partial charge in [-0.05, 0) is 36.8 Å². The minimum Gasteiger partial charge on any atom is -0.311 e. The number of nitrogens with zero attached hydrogens (tertiary/aromatic N) is 1. The molecule has 0 saturated carbocycles. The predicted molar refractivity (Wildman–Crippen MR) is 91.7 cm³/mol. The van der Waals surface area contributed by atoms with E-state index in [2.05, 4.69) is 68.2 Å². The van der Waals surface area contributed by atoms with Crippen LogP contribution in [-0.4, -0.2) is 36.6 Å². The third-order valence-corrected chi connectivity index (χ3v) is 4.74. The Labute approximate surface area is 130 Å². The lowest BCUT2D eigenvalue weighted by Crippen LogP contribution is -2.60. The molecule has 0 aromatic heterocycles. The topological polar surface area (TPSA) is 15.3 Å². The summed E-state index contributed by atoms with van der Waals surface area (Å²) >= 11 is 0. The summed E-state index contributed by atoms with van der Waals surface area (Å²) < 4.78 is 0. The first kappa shape index (κ1) is 16.5. The summed E-state index contributed by atoms with van der Waals surface area (Å²) in [5, 5.41) is 3.72. The molecular formula is C19H32N2. The van der Waals surface area contributed by atoms with Crippen molar-refractivity contribution in [3.8, 4) is 0 Å². The highest BCUT2D eigenvalue weighted by Crippen LogP contribution is 2.27. The molecule has 118 valence electrons. The highest BCUT2D eigenvalue weighted by atomic mass is 15.2. The summed E-state index contributed by atoms with van der Waals surface area (Å²) in [7, 11) is 0. The molecule has 0 aliphatic carbocycles. The van der Waals surface area contributed by atoms with E-state index in [4.69, 9.17) is 0 Å². The van der Waals surface area contributed by atoms with Crippen LogP contribution in [0.4, 0.5) is 0 Å². The van der Waals surface area contributed by atoms with Gasteiger partial charge in [-0.25, -0.2) is 0 Å². The summed E-state index contributed by atoms with van der Waals surface area (Å²) in [5.74, 6) is 0. The van der Waals surface area contributed by atoms with Crippen molar-refractivity contribution < 1.29 is 0 Å². The summed E-state index contributed by atoms with van der Waals surface area (Å²) in [5.41, 5.74) is 1.81. The number of nitrogens with one attached hydrogen (secondary N) is 1. The molecule has 2 atom stereocenters. The largest absolute Gasteiger partial charge is 0.311 e. The smallest absolute Gasteiger partial charge is 0.0269 e. The normalized spacial score (nSPS) is 24.2. The van der Waals surface area contributed by atoms with Crippen LogP contribution in [0.15, 0.2) is 30.3 Å². The molecule has 0 spiro atoms. The minimum absolute atomic E-state index is 0.346. The van der Waals surface area contributed by atoms with Crippen LogP contribution in [0, 0.1) is 5.41 Å². The standard InChI is InChI=1S/C19H32N2/c1-5-17-15-21(18(14-20-17)19(2,3)4)13-9-12-16-10-7-6-8-11-16/h6-8,10-11,17-18,20H,5,9,12-15H2,1-4H3. The fraction of sp³-hybridized carbons (Fsp3) is 0.684. The van der Waals surface area contributed by atoms with Crippen molar-refractivity contribution in [3.63, 3.8) is 0 Å². The van der Waals surface area contributed by atoms with Gasteiger partial charge in [0.05, 0.1) is 0 Å². The molecule has 0 amide bonds. The van der Waals surface area contributed by atoms with Crippen LogP contribution in [0.1, 0.15) is 46.1 Å². The SMILES string of the molecule is CCC1CN(CCCc2ccccc2)C(C(C)(C)C)CN1. The van der Waals surface area contributed by atoms with Crippen LogP contribution in [-0.2, 0) is 6.42 Å². The monoisotopic (exact) mass is 288 g/mol. The molecule has 0 radical (unpaired) electrons. The van der Waals surface area contributed by atoms with E-state index in [1.54, 1.807) is 0 Å². The molecule has 2 heteroatoms. The van der Waals surface area contributed by atoms with Crippen LogP contribution in [0.5, 0.6) is 0 Å². The van der Waals surface area contributed by atoms with Gasteiger partial charge in [0.15, 0.2) is 0 Å². The Bertz CT molecular complexity index is 407. The lowest BCUT2D eigenvalue weighted by atomic mass is 9.83. The number of hydrogen-bond donors (Lipinski definition) is 1. The Morgan fingerprint density at radius 2 is 1.90 bits per heavy atom. The van der Waals surface area contributed by atoms with Crippen molar-refractivity contribution in [2.45, 2.75) is 59.0 Å². The molecule has 1 aliphatic rings. The van der Waals surface area contributed by atoms with Crippen molar-refractivity contribution >= 4 is 0 Å². The fourth-order valence-electron chi connectivity index (χ4n) is 3.39. The van der Waals surface area contributed by atoms with E-state index >= 15 is 0 Å². The van der Waals surface area contributed by atoms with Crippen molar-refractivity contribution in [2.24, 2.45) is 5.41 Å². The molecule has 2 unspecified atom stereocenters. The first-order valence-corrected chi connectivity index (χ1v) is 8.52. The molecule has 1 fully saturated rings. The maximum absolute atomic E-state index is 3.72. The Hall–Kier alpha value is -0.860. The lowest BCUT2D eigenvalue weighted by Gasteiger charge is -2.46. The van der Waals surface area contributed by atoms with E-state index in [0.717, 1.165) is 6.54 Å². The average molecular weight is 288 g/mol. The molecule has 0 bridgehead atoms. The van der Waals surface area contributed by atoms with Gasteiger partial charge < -0.3 is 5.32 Å². The maximum atomic E-state index is 3.72. The number of hydrogen-bond acceptors (Lipinski definition) is 2. The van der Waals surface area contributed by atoms with Crippen LogP contribution >= 0.6 is 0 Å². The highest BCUT2D eigenvalue weighted by Gasteiger charge is 2.34.